The van der Waals surface area contributed by atoms with Gasteiger partial charge in [0.15, 0.2) is 0 Å². The van der Waals surface area contributed by atoms with Crippen LogP contribution in [-0.2, 0) is 6.54 Å². The van der Waals surface area contributed by atoms with Gasteiger partial charge in [0.05, 0.1) is 16.8 Å². The summed E-state index contributed by atoms with van der Waals surface area (Å²) in [6.07, 6.45) is 0. The zero-order chi connectivity index (χ0) is 20.5. The fourth-order valence-corrected chi connectivity index (χ4v) is 3.35. The molecule has 0 saturated carbocycles. The van der Waals surface area contributed by atoms with Gasteiger partial charge in [-0.1, -0.05) is 23.7 Å². The number of hydrogen-bond donors (Lipinski definition) is 1. The Kier molecular flexibility index (Phi) is 4.86. The standard InChI is InChI=1S/C22H14ClFN2O3/c23-15-3-1-2-13(10-15)12-25-20(27)14-4-9-18-19(11-14)22(29)26(21(18)28)17-7-5-16(24)6-8-17/h1-11H,12H2,(H,25,27). The van der Waals surface area contributed by atoms with Crippen molar-refractivity contribution in [2.75, 3.05) is 4.90 Å². The van der Waals surface area contributed by atoms with Crippen molar-refractivity contribution < 1.29 is 18.8 Å². The van der Waals surface area contributed by atoms with E-state index in [1.807, 2.05) is 6.07 Å². The summed E-state index contributed by atoms with van der Waals surface area (Å²) in [5, 5.41) is 3.33. The van der Waals surface area contributed by atoms with E-state index >= 15 is 0 Å². The molecule has 0 aromatic heterocycles. The van der Waals surface area contributed by atoms with Crippen molar-refractivity contribution in [3.8, 4) is 0 Å². The van der Waals surface area contributed by atoms with Crippen LogP contribution in [0.1, 0.15) is 36.6 Å². The fraction of sp³-hybridized carbons (Fsp3) is 0.0455. The molecule has 29 heavy (non-hydrogen) atoms. The third-order valence-corrected chi connectivity index (χ3v) is 4.81. The lowest BCUT2D eigenvalue weighted by molar-refractivity contribution is 0.0923. The molecule has 1 heterocycles. The zero-order valence-electron chi connectivity index (χ0n) is 15.0. The lowest BCUT2D eigenvalue weighted by Crippen LogP contribution is -2.29. The van der Waals surface area contributed by atoms with E-state index in [1.54, 1.807) is 18.2 Å². The zero-order valence-corrected chi connectivity index (χ0v) is 15.7. The maximum atomic E-state index is 13.1. The smallest absolute Gasteiger partial charge is 0.266 e. The van der Waals surface area contributed by atoms with E-state index < -0.39 is 17.6 Å². The number of benzene rings is 3. The Morgan fingerprint density at radius 1 is 0.931 bits per heavy atom. The van der Waals surface area contributed by atoms with Gasteiger partial charge in [-0.25, -0.2) is 9.29 Å². The Bertz CT molecular complexity index is 1150. The number of nitrogens with one attached hydrogen (secondary N) is 1. The summed E-state index contributed by atoms with van der Waals surface area (Å²) in [5.74, 6) is -1.92. The van der Waals surface area contributed by atoms with E-state index in [0.717, 1.165) is 10.5 Å². The summed E-state index contributed by atoms with van der Waals surface area (Å²) >= 11 is 5.94. The van der Waals surface area contributed by atoms with Crippen LogP contribution in [0.15, 0.2) is 66.7 Å². The molecule has 0 saturated heterocycles. The van der Waals surface area contributed by atoms with Crippen LogP contribution in [0.2, 0.25) is 5.02 Å². The summed E-state index contributed by atoms with van der Waals surface area (Å²) in [4.78, 5) is 38.8. The molecule has 3 aromatic carbocycles. The van der Waals surface area contributed by atoms with E-state index in [9.17, 15) is 18.8 Å². The van der Waals surface area contributed by atoms with Crippen LogP contribution in [0.3, 0.4) is 0 Å². The highest BCUT2D eigenvalue weighted by molar-refractivity contribution is 6.34. The number of hydrogen-bond acceptors (Lipinski definition) is 3. The first-order chi connectivity index (χ1) is 13.9. The van der Waals surface area contributed by atoms with Gasteiger partial charge in [0, 0.05) is 17.1 Å². The molecule has 7 heteroatoms. The van der Waals surface area contributed by atoms with Crippen molar-refractivity contribution in [1.82, 2.24) is 5.32 Å². The molecule has 1 aliphatic rings. The van der Waals surface area contributed by atoms with Gasteiger partial charge in [-0.15, -0.1) is 0 Å². The van der Waals surface area contributed by atoms with Crippen molar-refractivity contribution in [3.63, 3.8) is 0 Å². The SMILES string of the molecule is O=C(NCc1cccc(Cl)c1)c1ccc2c(c1)C(=O)N(c1ccc(F)cc1)C2=O. The quantitative estimate of drug-likeness (QED) is 0.657. The maximum Gasteiger partial charge on any atom is 0.266 e. The van der Waals surface area contributed by atoms with E-state index in [2.05, 4.69) is 5.32 Å². The predicted octanol–water partition coefficient (Wildman–Crippen LogP) is 4.21. The van der Waals surface area contributed by atoms with Crippen molar-refractivity contribution in [2.45, 2.75) is 6.54 Å². The van der Waals surface area contributed by atoms with Crippen molar-refractivity contribution in [2.24, 2.45) is 0 Å². The van der Waals surface area contributed by atoms with Gasteiger partial charge in [-0.2, -0.15) is 0 Å². The van der Waals surface area contributed by atoms with E-state index in [4.69, 9.17) is 11.6 Å². The van der Waals surface area contributed by atoms with Gasteiger partial charge >= 0.3 is 0 Å². The summed E-state index contributed by atoms with van der Waals surface area (Å²) in [6.45, 7) is 0.269. The first-order valence-electron chi connectivity index (χ1n) is 8.75. The van der Waals surface area contributed by atoms with Crippen LogP contribution in [0.5, 0.6) is 0 Å². The number of carbonyl (C=O) groups excluding carboxylic acids is 3. The van der Waals surface area contributed by atoms with Gasteiger partial charge in [0.25, 0.3) is 17.7 Å². The van der Waals surface area contributed by atoms with Gasteiger partial charge in [-0.05, 0) is 60.2 Å². The molecule has 0 radical (unpaired) electrons. The molecule has 3 amide bonds. The number of imide groups is 1. The number of anilines is 1. The van der Waals surface area contributed by atoms with Crippen LogP contribution in [-0.4, -0.2) is 17.7 Å². The lowest BCUT2D eigenvalue weighted by atomic mass is 10.1. The highest BCUT2D eigenvalue weighted by Crippen LogP contribution is 2.29. The molecule has 3 aromatic rings. The summed E-state index contributed by atoms with van der Waals surface area (Å²) in [5.41, 5.74) is 1.69. The number of nitrogens with zero attached hydrogens (tertiary/aromatic N) is 1. The average Bonchev–Trinajstić information content (AvgIpc) is 2.97. The Labute approximate surface area is 170 Å². The molecule has 0 aliphatic carbocycles. The summed E-state index contributed by atoms with van der Waals surface area (Å²) in [6, 6.07) is 16.5. The minimum absolute atomic E-state index is 0.134. The number of rotatable bonds is 4. The topological polar surface area (TPSA) is 66.5 Å². The molecule has 1 aliphatic heterocycles. The minimum atomic E-state index is -0.555. The molecule has 144 valence electrons. The van der Waals surface area contributed by atoms with E-state index in [1.165, 1.54) is 42.5 Å². The first kappa shape index (κ1) is 18.8. The normalized spacial score (nSPS) is 12.8. The molecule has 0 unspecified atom stereocenters. The second kappa shape index (κ2) is 7.48. The van der Waals surface area contributed by atoms with Crippen molar-refractivity contribution in [3.05, 3.63) is 99.8 Å². The van der Waals surface area contributed by atoms with Crippen LogP contribution in [0.25, 0.3) is 0 Å². The second-order valence-corrected chi connectivity index (χ2v) is 6.93. The highest BCUT2D eigenvalue weighted by Gasteiger charge is 2.37. The number of halogens is 2. The molecule has 1 N–H and O–H groups in total. The van der Waals surface area contributed by atoms with Crippen molar-refractivity contribution >= 4 is 35.0 Å². The predicted molar refractivity (Wildman–Crippen MR) is 107 cm³/mol. The fourth-order valence-electron chi connectivity index (χ4n) is 3.14. The Morgan fingerprint density at radius 3 is 2.38 bits per heavy atom. The molecule has 4 rings (SSSR count). The molecule has 5 nitrogen and oxygen atoms in total. The Morgan fingerprint density at radius 2 is 1.66 bits per heavy atom. The van der Waals surface area contributed by atoms with E-state index in [0.29, 0.717) is 5.02 Å². The number of amides is 3. The number of fused-ring (bicyclic) bond motifs is 1. The molecule has 0 bridgehead atoms. The highest BCUT2D eigenvalue weighted by atomic mass is 35.5. The van der Waals surface area contributed by atoms with Gasteiger partial charge in [0.2, 0.25) is 0 Å². The van der Waals surface area contributed by atoms with Gasteiger partial charge < -0.3 is 5.32 Å². The van der Waals surface area contributed by atoms with E-state index in [-0.39, 0.29) is 34.8 Å². The first-order valence-corrected chi connectivity index (χ1v) is 9.13. The second-order valence-electron chi connectivity index (χ2n) is 6.50. The van der Waals surface area contributed by atoms with Gasteiger partial charge in [0.1, 0.15) is 5.82 Å². The third-order valence-electron chi connectivity index (χ3n) is 4.58. The van der Waals surface area contributed by atoms with Crippen LogP contribution in [0.4, 0.5) is 10.1 Å². The maximum absolute atomic E-state index is 13.1. The Balaban J connectivity index is 1.55. The largest absolute Gasteiger partial charge is 0.348 e. The Hall–Kier alpha value is -3.51. The van der Waals surface area contributed by atoms with Crippen LogP contribution >= 0.6 is 11.6 Å². The molecule has 0 spiro atoms. The summed E-state index contributed by atoms with van der Waals surface area (Å²) < 4.78 is 13.1. The van der Waals surface area contributed by atoms with Gasteiger partial charge in [-0.3, -0.25) is 14.4 Å². The minimum Gasteiger partial charge on any atom is -0.348 e. The van der Waals surface area contributed by atoms with Crippen LogP contribution < -0.4 is 10.2 Å². The number of carbonyl (C=O) groups is 3. The molecule has 0 atom stereocenters. The molecule has 0 fully saturated rings. The molecular formula is C22H14ClFN2O3. The lowest BCUT2D eigenvalue weighted by Gasteiger charge is -2.13. The average molecular weight is 409 g/mol. The van der Waals surface area contributed by atoms with Crippen LogP contribution in [0, 0.1) is 5.82 Å². The molecular weight excluding hydrogens is 395 g/mol. The van der Waals surface area contributed by atoms with Crippen molar-refractivity contribution in [1.29, 1.82) is 0 Å². The monoisotopic (exact) mass is 408 g/mol. The summed E-state index contributed by atoms with van der Waals surface area (Å²) in [7, 11) is 0. The third kappa shape index (κ3) is 3.62.